The van der Waals surface area contributed by atoms with E-state index in [0.29, 0.717) is 13.2 Å². The van der Waals surface area contributed by atoms with Gasteiger partial charge in [-0.1, -0.05) is 17.3 Å². The van der Waals surface area contributed by atoms with Crippen molar-refractivity contribution in [3.63, 3.8) is 0 Å². The van der Waals surface area contributed by atoms with Crippen LogP contribution in [0.2, 0.25) is 0 Å². The molecule has 26 heavy (non-hydrogen) atoms. The molecule has 1 aliphatic rings. The van der Waals surface area contributed by atoms with E-state index in [4.69, 9.17) is 14.4 Å². The minimum Gasteiger partial charge on any atom is -0.481 e. The van der Waals surface area contributed by atoms with Gasteiger partial charge in [-0.2, -0.15) is 4.98 Å². The van der Waals surface area contributed by atoms with Gasteiger partial charge in [-0.25, -0.2) is 4.39 Å². The normalized spacial score (nSPS) is 17.7. The van der Waals surface area contributed by atoms with E-state index < -0.39 is 17.7 Å². The van der Waals surface area contributed by atoms with Gasteiger partial charge in [0, 0.05) is 25.9 Å². The van der Waals surface area contributed by atoms with Gasteiger partial charge in [0.2, 0.25) is 17.6 Å². The largest absolute Gasteiger partial charge is 0.481 e. The van der Waals surface area contributed by atoms with Crippen LogP contribution in [0, 0.1) is 11.7 Å². The maximum absolute atomic E-state index is 13.7. The van der Waals surface area contributed by atoms with Gasteiger partial charge in [-0.3, -0.25) is 9.59 Å². The van der Waals surface area contributed by atoms with Crippen LogP contribution in [0.1, 0.15) is 12.3 Å². The zero-order chi connectivity index (χ0) is 18.5. The molecular formula is C17H18FN3O5. The van der Waals surface area contributed by atoms with E-state index in [2.05, 4.69) is 10.1 Å². The third-order valence-electron chi connectivity index (χ3n) is 4.10. The van der Waals surface area contributed by atoms with E-state index in [0.717, 1.165) is 0 Å². The highest BCUT2D eigenvalue weighted by atomic mass is 19.1. The van der Waals surface area contributed by atoms with Crippen molar-refractivity contribution >= 4 is 11.9 Å². The Labute approximate surface area is 148 Å². The minimum atomic E-state index is -0.990. The third kappa shape index (κ3) is 4.23. The SMILES string of the molecule is O=C(O)C1COCCN(C(=O)CCc2nc(-c3ccccc3F)no2)C1. The van der Waals surface area contributed by atoms with Crippen LogP contribution in [0.15, 0.2) is 28.8 Å². The number of rotatable bonds is 5. The fourth-order valence-corrected chi connectivity index (χ4v) is 2.67. The number of halogens is 1. The molecule has 3 rings (SSSR count). The quantitative estimate of drug-likeness (QED) is 0.855. The lowest BCUT2D eigenvalue weighted by molar-refractivity contribution is -0.144. The van der Waals surface area contributed by atoms with Crippen LogP contribution in [-0.2, 0) is 20.7 Å². The smallest absolute Gasteiger partial charge is 0.310 e. The van der Waals surface area contributed by atoms with Crippen molar-refractivity contribution < 1.29 is 28.3 Å². The topological polar surface area (TPSA) is 106 Å². The lowest BCUT2D eigenvalue weighted by Gasteiger charge is -2.21. The zero-order valence-electron chi connectivity index (χ0n) is 13.9. The summed E-state index contributed by atoms with van der Waals surface area (Å²) in [5, 5.41) is 12.9. The number of carbonyl (C=O) groups is 2. The second-order valence-corrected chi connectivity index (χ2v) is 5.94. The number of carboxylic acid groups (broad SMARTS) is 1. The van der Waals surface area contributed by atoms with Gasteiger partial charge in [0.25, 0.3) is 0 Å². The monoisotopic (exact) mass is 363 g/mol. The molecule has 1 fully saturated rings. The highest BCUT2D eigenvalue weighted by molar-refractivity contribution is 5.78. The summed E-state index contributed by atoms with van der Waals surface area (Å²) in [6.07, 6.45) is 0.278. The predicted molar refractivity (Wildman–Crippen MR) is 86.5 cm³/mol. The highest BCUT2D eigenvalue weighted by Crippen LogP contribution is 2.19. The summed E-state index contributed by atoms with van der Waals surface area (Å²) in [6.45, 7) is 0.841. The van der Waals surface area contributed by atoms with Crippen molar-refractivity contribution in [2.24, 2.45) is 5.92 Å². The molecule has 2 heterocycles. The fourth-order valence-electron chi connectivity index (χ4n) is 2.67. The number of carboxylic acids is 1. The molecule has 0 radical (unpaired) electrons. The predicted octanol–water partition coefficient (Wildman–Crippen LogP) is 1.37. The first-order chi connectivity index (χ1) is 12.5. The Morgan fingerprint density at radius 3 is 2.92 bits per heavy atom. The molecule has 0 aliphatic carbocycles. The van der Waals surface area contributed by atoms with E-state index in [1.54, 1.807) is 18.2 Å². The highest BCUT2D eigenvalue weighted by Gasteiger charge is 2.27. The lowest BCUT2D eigenvalue weighted by Crippen LogP contribution is -2.38. The molecule has 1 N–H and O–H groups in total. The van der Waals surface area contributed by atoms with Crippen LogP contribution in [0.25, 0.3) is 11.4 Å². The van der Waals surface area contributed by atoms with E-state index >= 15 is 0 Å². The summed E-state index contributed by atoms with van der Waals surface area (Å²) >= 11 is 0. The number of carbonyl (C=O) groups excluding carboxylic acids is 1. The zero-order valence-corrected chi connectivity index (χ0v) is 13.9. The van der Waals surface area contributed by atoms with E-state index in [-0.39, 0.29) is 49.2 Å². The number of nitrogens with zero attached hydrogens (tertiary/aromatic N) is 3. The van der Waals surface area contributed by atoms with E-state index in [9.17, 15) is 14.0 Å². The summed E-state index contributed by atoms with van der Waals surface area (Å²) in [5.41, 5.74) is 0.225. The molecule has 2 aromatic rings. The average Bonchev–Trinajstić information content (AvgIpc) is 2.94. The maximum Gasteiger partial charge on any atom is 0.310 e. The third-order valence-corrected chi connectivity index (χ3v) is 4.10. The van der Waals surface area contributed by atoms with Crippen molar-refractivity contribution in [3.05, 3.63) is 36.0 Å². The average molecular weight is 363 g/mol. The number of hydrogen-bond acceptors (Lipinski definition) is 6. The molecule has 0 saturated carbocycles. The molecule has 1 aliphatic heterocycles. The first-order valence-electron chi connectivity index (χ1n) is 8.20. The van der Waals surface area contributed by atoms with E-state index in [1.807, 2.05) is 0 Å². The van der Waals surface area contributed by atoms with Gasteiger partial charge in [0.1, 0.15) is 5.82 Å². The molecular weight excluding hydrogens is 345 g/mol. The van der Waals surface area contributed by atoms with Crippen LogP contribution in [0.3, 0.4) is 0 Å². The summed E-state index contributed by atoms with van der Waals surface area (Å²) < 4.78 is 24.0. The maximum atomic E-state index is 13.7. The molecule has 1 aromatic heterocycles. The second kappa shape index (κ2) is 8.05. The Bertz CT molecular complexity index is 794. The summed E-state index contributed by atoms with van der Waals surface area (Å²) in [7, 11) is 0. The lowest BCUT2D eigenvalue weighted by atomic mass is 10.1. The van der Waals surface area contributed by atoms with Crippen LogP contribution in [0.5, 0.6) is 0 Å². The van der Waals surface area contributed by atoms with Gasteiger partial charge in [-0.05, 0) is 12.1 Å². The molecule has 138 valence electrons. The van der Waals surface area contributed by atoms with Gasteiger partial charge < -0.3 is 19.3 Å². The first kappa shape index (κ1) is 18.0. The molecule has 9 heteroatoms. The number of hydrogen-bond donors (Lipinski definition) is 1. The van der Waals surface area contributed by atoms with Crippen LogP contribution in [0.4, 0.5) is 4.39 Å². The first-order valence-corrected chi connectivity index (χ1v) is 8.20. The summed E-state index contributed by atoms with van der Waals surface area (Å²) in [4.78, 5) is 29.1. The summed E-state index contributed by atoms with van der Waals surface area (Å²) in [6, 6.07) is 6.07. The Hall–Kier alpha value is -2.81. The van der Waals surface area contributed by atoms with Crippen LogP contribution >= 0.6 is 0 Å². The van der Waals surface area contributed by atoms with Crippen molar-refractivity contribution in [2.75, 3.05) is 26.3 Å². The van der Waals surface area contributed by atoms with Crippen molar-refractivity contribution in [2.45, 2.75) is 12.8 Å². The number of benzene rings is 1. The van der Waals surface area contributed by atoms with Crippen molar-refractivity contribution in [1.29, 1.82) is 0 Å². The molecule has 1 aromatic carbocycles. The molecule has 1 amide bonds. The Kier molecular flexibility index (Phi) is 5.57. The molecule has 0 bridgehead atoms. The molecule has 1 unspecified atom stereocenters. The van der Waals surface area contributed by atoms with Gasteiger partial charge in [0.15, 0.2) is 0 Å². The van der Waals surface area contributed by atoms with Crippen molar-refractivity contribution in [3.8, 4) is 11.4 Å². The Morgan fingerprint density at radius 1 is 1.35 bits per heavy atom. The van der Waals surface area contributed by atoms with Crippen LogP contribution in [-0.4, -0.2) is 58.3 Å². The second-order valence-electron chi connectivity index (χ2n) is 5.94. The number of amides is 1. The Morgan fingerprint density at radius 2 is 2.15 bits per heavy atom. The summed E-state index contributed by atoms with van der Waals surface area (Å²) in [5.74, 6) is -2.06. The number of aromatic nitrogens is 2. The number of aliphatic carboxylic acids is 1. The van der Waals surface area contributed by atoms with E-state index in [1.165, 1.54) is 11.0 Å². The fraction of sp³-hybridized carbons (Fsp3) is 0.412. The number of aryl methyl sites for hydroxylation is 1. The Balaban J connectivity index is 1.59. The van der Waals surface area contributed by atoms with Gasteiger partial charge in [0.05, 0.1) is 24.7 Å². The van der Waals surface area contributed by atoms with Gasteiger partial charge >= 0.3 is 5.97 Å². The minimum absolute atomic E-state index is 0.0885. The number of ether oxygens (including phenoxy) is 1. The standard InChI is InChI=1S/C17H18FN3O5/c18-13-4-2-1-3-12(13)16-19-14(26-20-16)5-6-15(22)21-7-8-25-10-11(9-21)17(23)24/h1-4,11H,5-10H2,(H,23,24). The van der Waals surface area contributed by atoms with Crippen LogP contribution < -0.4 is 0 Å². The molecule has 0 spiro atoms. The molecule has 1 atom stereocenters. The molecule has 1 saturated heterocycles. The van der Waals surface area contributed by atoms with Crippen molar-refractivity contribution in [1.82, 2.24) is 15.0 Å². The van der Waals surface area contributed by atoms with Gasteiger partial charge in [-0.15, -0.1) is 0 Å². The molecule has 8 nitrogen and oxygen atoms in total.